The van der Waals surface area contributed by atoms with Gasteiger partial charge in [-0.05, 0) is 10.5 Å². The van der Waals surface area contributed by atoms with Crippen LogP contribution in [-0.4, -0.2) is 4.57 Å². The van der Waals surface area contributed by atoms with E-state index in [-0.39, 0.29) is 44.1 Å². The van der Waals surface area contributed by atoms with Crippen LogP contribution in [0.15, 0.2) is 33.5 Å². The number of aryl methyl sites for hydroxylation is 1. The molecule has 0 atom stereocenters. The Kier molecular flexibility index (Phi) is 5.44. The Morgan fingerprint density at radius 3 is 2.67 bits per heavy atom. The van der Waals surface area contributed by atoms with Crippen molar-refractivity contribution in [1.29, 1.82) is 0 Å². The van der Waals surface area contributed by atoms with Crippen LogP contribution in [-0.2, 0) is 39.8 Å². The van der Waals surface area contributed by atoms with Gasteiger partial charge in [0.1, 0.15) is 0 Å². The van der Waals surface area contributed by atoms with Crippen LogP contribution in [0.2, 0.25) is 0 Å². The summed E-state index contributed by atoms with van der Waals surface area (Å²) in [4.78, 5) is 11.8. The summed E-state index contributed by atoms with van der Waals surface area (Å²) in [5.41, 5.74) is 1.23. The van der Waals surface area contributed by atoms with Crippen molar-refractivity contribution >= 4 is 15.9 Å². The fourth-order valence-electron chi connectivity index (χ4n) is 1.67. The zero-order valence-electron chi connectivity index (χ0n) is 10.00. The predicted molar refractivity (Wildman–Crippen MR) is 68.4 cm³/mol. The zero-order chi connectivity index (χ0) is 12.6. The number of nitrogens with zero attached hydrogens (tertiary/aromatic N) is 1. The fourth-order valence-corrected chi connectivity index (χ4v) is 2.19. The molecule has 0 amide bonds. The van der Waals surface area contributed by atoms with Crippen molar-refractivity contribution in [1.82, 2.24) is 4.57 Å². The monoisotopic (exact) mass is 383 g/mol. The molecule has 0 unspecified atom stereocenters. The summed E-state index contributed by atoms with van der Waals surface area (Å²) in [5.74, 6) is -0.380. The Morgan fingerprint density at radius 1 is 1.39 bits per heavy atom. The molecule has 0 fully saturated rings. The van der Waals surface area contributed by atoms with Crippen LogP contribution < -0.4 is 5.56 Å². The molecule has 2 nitrogen and oxygen atoms in total. The minimum Gasteiger partial charge on any atom is -0.345 e. The molecule has 2 aromatic rings. The van der Waals surface area contributed by atoms with Gasteiger partial charge in [0.05, 0.1) is 5.82 Å². The molecule has 0 N–H and O–H groups in total. The fraction of sp³-hybridized carbons (Fsp3) is 0.154. The van der Waals surface area contributed by atoms with Crippen molar-refractivity contribution in [2.45, 2.75) is 6.92 Å². The van der Waals surface area contributed by atoms with Crippen molar-refractivity contribution in [3.63, 3.8) is 0 Å². The van der Waals surface area contributed by atoms with Crippen molar-refractivity contribution in [3.8, 4) is 11.3 Å². The number of benzene rings is 1. The van der Waals surface area contributed by atoms with Crippen molar-refractivity contribution in [3.05, 3.63) is 56.5 Å². The second kappa shape index (κ2) is 6.22. The number of rotatable bonds is 1. The van der Waals surface area contributed by atoms with E-state index in [9.17, 15) is 9.18 Å². The summed E-state index contributed by atoms with van der Waals surface area (Å²) in [6.07, 6.45) is 0. The largest absolute Gasteiger partial charge is 0.345 e. The molecular weight excluding hydrogens is 374 g/mol. The summed E-state index contributed by atoms with van der Waals surface area (Å²) in [5, 5.41) is 0. The maximum Gasteiger partial charge on any atom is 0.197 e. The van der Waals surface area contributed by atoms with Gasteiger partial charge < -0.3 is 4.57 Å². The topological polar surface area (TPSA) is 22.0 Å². The van der Waals surface area contributed by atoms with Crippen LogP contribution in [0.25, 0.3) is 11.3 Å². The average Bonchev–Trinajstić information content (AvgIpc) is 2.29. The minimum absolute atomic E-state index is 0. The van der Waals surface area contributed by atoms with E-state index in [1.54, 1.807) is 32.2 Å². The summed E-state index contributed by atoms with van der Waals surface area (Å²) in [7, 11) is 1.61. The Hall–Kier alpha value is -0.316. The Morgan fingerprint density at radius 2 is 2.06 bits per heavy atom. The molecule has 0 spiro atoms. The molecule has 2 rings (SSSR count). The smallest absolute Gasteiger partial charge is 0.197 e. The summed E-state index contributed by atoms with van der Waals surface area (Å²) < 4.78 is 15.8. The van der Waals surface area contributed by atoms with Gasteiger partial charge in [-0.3, -0.25) is 4.79 Å². The van der Waals surface area contributed by atoms with Gasteiger partial charge in [0.15, 0.2) is 5.56 Å². The number of halogens is 2. The maximum absolute atomic E-state index is 13.8. The van der Waals surface area contributed by atoms with E-state index in [1.807, 2.05) is 0 Å². The Balaban J connectivity index is 0.00000162. The third-order valence-electron chi connectivity index (χ3n) is 2.60. The Bertz CT molecular complexity index is 619. The first-order valence-electron chi connectivity index (χ1n) is 5.05. The van der Waals surface area contributed by atoms with Crippen LogP contribution in [0.1, 0.15) is 5.56 Å². The number of aromatic nitrogens is 1. The van der Waals surface area contributed by atoms with E-state index in [1.165, 1.54) is 10.6 Å². The van der Waals surface area contributed by atoms with Gasteiger partial charge in [-0.2, -0.15) is 12.1 Å². The van der Waals surface area contributed by atoms with E-state index >= 15 is 0 Å². The molecule has 0 saturated carbocycles. The SMILES string of the molecule is Cc1c[c-]c(-c2c(F)cccc2Br)n(C)c1=O.[Y]. The summed E-state index contributed by atoms with van der Waals surface area (Å²) in [6.45, 7) is 1.71. The van der Waals surface area contributed by atoms with Gasteiger partial charge in [0, 0.05) is 39.8 Å². The van der Waals surface area contributed by atoms with Gasteiger partial charge in [0.25, 0.3) is 0 Å². The molecule has 0 aliphatic heterocycles. The molecule has 18 heavy (non-hydrogen) atoms. The second-order valence-corrected chi connectivity index (χ2v) is 4.64. The molecule has 1 aromatic carbocycles. The van der Waals surface area contributed by atoms with Crippen molar-refractivity contribution in [2.24, 2.45) is 7.05 Å². The molecule has 0 aliphatic carbocycles. The number of hydrogen-bond donors (Lipinski definition) is 0. The molecule has 91 valence electrons. The maximum atomic E-state index is 13.8. The first-order chi connectivity index (χ1) is 8.02. The van der Waals surface area contributed by atoms with E-state index in [0.717, 1.165) is 0 Å². The van der Waals surface area contributed by atoms with Crippen molar-refractivity contribution in [2.75, 3.05) is 0 Å². The molecule has 0 aliphatic rings. The van der Waals surface area contributed by atoms with Crippen molar-refractivity contribution < 1.29 is 37.1 Å². The van der Waals surface area contributed by atoms with Crippen LogP contribution in [0.3, 0.4) is 0 Å². The summed E-state index contributed by atoms with van der Waals surface area (Å²) >= 11 is 3.29. The molecule has 1 radical (unpaired) electrons. The van der Waals surface area contributed by atoms with Crippen LogP contribution in [0.4, 0.5) is 4.39 Å². The number of hydrogen-bond acceptors (Lipinski definition) is 1. The first kappa shape index (κ1) is 15.7. The van der Waals surface area contributed by atoms with Gasteiger partial charge in [-0.25, -0.2) is 4.39 Å². The van der Waals surface area contributed by atoms with E-state index < -0.39 is 0 Å². The summed E-state index contributed by atoms with van der Waals surface area (Å²) in [6, 6.07) is 9.22. The first-order valence-corrected chi connectivity index (χ1v) is 5.84. The zero-order valence-corrected chi connectivity index (χ0v) is 14.4. The molecule has 1 aromatic heterocycles. The van der Waals surface area contributed by atoms with Crippen LogP contribution in [0, 0.1) is 18.8 Å². The average molecular weight is 384 g/mol. The quantitative estimate of drug-likeness (QED) is 0.693. The number of pyridine rings is 1. The minimum atomic E-state index is -0.380. The van der Waals surface area contributed by atoms with Crippen LogP contribution >= 0.6 is 15.9 Å². The van der Waals surface area contributed by atoms with Gasteiger partial charge >= 0.3 is 0 Å². The molecular formula is C13H10BrFNOY-. The third-order valence-corrected chi connectivity index (χ3v) is 3.26. The molecule has 1 heterocycles. The predicted octanol–water partition coefficient (Wildman–Crippen LogP) is 3.06. The second-order valence-electron chi connectivity index (χ2n) is 3.78. The van der Waals surface area contributed by atoms with E-state index in [0.29, 0.717) is 21.3 Å². The molecule has 0 saturated heterocycles. The standard InChI is InChI=1S/C13H10BrFNO.Y/c1-8-6-7-11(16(2)13(8)17)12-9(14)4-3-5-10(12)15;/h3-6H,1-2H3;/q-1;. The normalized spacial score (nSPS) is 10.0. The van der Waals surface area contributed by atoms with Gasteiger partial charge in [0.2, 0.25) is 0 Å². The Labute approximate surface area is 138 Å². The van der Waals surface area contributed by atoms with Crippen LogP contribution in [0.5, 0.6) is 0 Å². The third kappa shape index (κ3) is 2.81. The molecule has 5 heteroatoms. The van der Waals surface area contributed by atoms with E-state index in [4.69, 9.17) is 0 Å². The molecule has 0 bridgehead atoms. The van der Waals surface area contributed by atoms with E-state index in [2.05, 4.69) is 22.0 Å². The van der Waals surface area contributed by atoms with Gasteiger partial charge in [-0.15, -0.1) is 0 Å². The van der Waals surface area contributed by atoms with Gasteiger partial charge in [-0.1, -0.05) is 51.8 Å².